The van der Waals surface area contributed by atoms with Crippen LogP contribution in [0.1, 0.15) is 28.2 Å². The Hall–Kier alpha value is -3.34. The Labute approximate surface area is 197 Å². The predicted octanol–water partition coefficient (Wildman–Crippen LogP) is 1.48. The van der Waals surface area contributed by atoms with Crippen molar-refractivity contribution >= 4 is 27.6 Å². The number of rotatable bonds is 8. The third kappa shape index (κ3) is 4.93. The van der Waals surface area contributed by atoms with Crippen molar-refractivity contribution in [3.63, 3.8) is 0 Å². The first-order valence-electron chi connectivity index (χ1n) is 10.9. The number of aryl methyl sites for hydroxylation is 1. The lowest BCUT2D eigenvalue weighted by atomic mass is 10.1. The van der Waals surface area contributed by atoms with Crippen molar-refractivity contribution in [2.45, 2.75) is 39.0 Å². The number of amides is 3. The average Bonchev–Trinajstić information content (AvgIpc) is 3.21. The quantitative estimate of drug-likeness (QED) is 0.440. The molecular weight excluding hydrogens is 462 g/mol. The van der Waals surface area contributed by atoms with Crippen LogP contribution in [-0.4, -0.2) is 72.9 Å². The lowest BCUT2D eigenvalue weighted by Crippen LogP contribution is -2.36. The molecule has 4 rings (SSSR count). The Kier molecular flexibility index (Phi) is 6.39. The number of Topliss-reactive ketones (excluding diaryl/α,β-unsaturated/α-hetero) is 1. The molecule has 3 heterocycles. The number of sulfone groups is 1. The minimum Gasteiger partial charge on any atom is -0.486 e. The van der Waals surface area contributed by atoms with Gasteiger partial charge in [-0.2, -0.15) is 0 Å². The summed E-state index contributed by atoms with van der Waals surface area (Å²) in [4.78, 5) is 38.7. The zero-order chi connectivity index (χ0) is 24.6. The number of carbonyl (C=O) groups excluding carboxylic acids is 3. The van der Waals surface area contributed by atoms with E-state index in [1.54, 1.807) is 13.0 Å². The maximum Gasteiger partial charge on any atom is 0.325 e. The van der Waals surface area contributed by atoms with Gasteiger partial charge in [0.05, 0.1) is 18.8 Å². The van der Waals surface area contributed by atoms with E-state index in [1.807, 2.05) is 35.8 Å². The Bertz CT molecular complexity index is 1250. The molecule has 1 saturated heterocycles. The molecule has 0 aliphatic carbocycles. The fourth-order valence-electron chi connectivity index (χ4n) is 4.20. The molecule has 2 aromatic rings. The maximum absolute atomic E-state index is 13.0. The van der Waals surface area contributed by atoms with Crippen LogP contribution in [0.4, 0.5) is 4.79 Å². The molecule has 2 aliphatic rings. The Morgan fingerprint density at radius 3 is 2.59 bits per heavy atom. The van der Waals surface area contributed by atoms with Crippen LogP contribution >= 0.6 is 0 Å². The number of ether oxygens (including phenoxy) is 2. The molecule has 0 unspecified atom stereocenters. The third-order valence-electron chi connectivity index (χ3n) is 6.01. The number of nitrogens with one attached hydrogen (secondary N) is 1. The number of hydrogen-bond acceptors (Lipinski definition) is 7. The topological polar surface area (TPSA) is 124 Å². The molecular formula is C23H27N3O7S. The van der Waals surface area contributed by atoms with E-state index in [1.165, 1.54) is 0 Å². The molecule has 0 saturated carbocycles. The summed E-state index contributed by atoms with van der Waals surface area (Å²) >= 11 is 0. The molecule has 1 fully saturated rings. The van der Waals surface area contributed by atoms with Gasteiger partial charge < -0.3 is 19.4 Å². The molecule has 34 heavy (non-hydrogen) atoms. The van der Waals surface area contributed by atoms with Gasteiger partial charge in [0.1, 0.15) is 22.5 Å². The first kappa shape index (κ1) is 23.8. The van der Waals surface area contributed by atoms with E-state index in [2.05, 4.69) is 5.32 Å². The van der Waals surface area contributed by atoms with Crippen molar-refractivity contribution in [1.29, 1.82) is 0 Å². The number of hydrogen-bond donors (Lipinski definition) is 1. The van der Waals surface area contributed by atoms with Gasteiger partial charge in [-0.15, -0.1) is 0 Å². The Balaban J connectivity index is 1.43. The SMILES string of the molecule is Cc1cc(C(=O)CN2C(=O)N[C@@H](CCS(C)(=O)=O)C2=O)c(C)n1C[C@H]1COc2ccccc2O1. The van der Waals surface area contributed by atoms with Crippen LogP contribution in [0.15, 0.2) is 30.3 Å². The number of ketones is 1. The van der Waals surface area contributed by atoms with Gasteiger partial charge in [0.15, 0.2) is 23.4 Å². The summed E-state index contributed by atoms with van der Waals surface area (Å²) < 4.78 is 36.5. The van der Waals surface area contributed by atoms with E-state index >= 15 is 0 Å². The normalized spacial score (nSPS) is 19.9. The van der Waals surface area contributed by atoms with Crippen LogP contribution in [0, 0.1) is 13.8 Å². The van der Waals surface area contributed by atoms with E-state index in [-0.39, 0.29) is 24.1 Å². The molecule has 2 aliphatic heterocycles. The third-order valence-corrected chi connectivity index (χ3v) is 6.99. The van der Waals surface area contributed by atoms with E-state index in [0.29, 0.717) is 35.9 Å². The molecule has 1 aromatic heterocycles. The minimum absolute atomic E-state index is 0.0325. The molecule has 0 bridgehead atoms. The number of fused-ring (bicyclic) bond motifs is 1. The highest BCUT2D eigenvalue weighted by Gasteiger charge is 2.39. The van der Waals surface area contributed by atoms with E-state index < -0.39 is 34.4 Å². The number of para-hydroxylation sites is 2. The summed E-state index contributed by atoms with van der Waals surface area (Å²) in [6.07, 6.45) is 0.785. The smallest absolute Gasteiger partial charge is 0.325 e. The monoisotopic (exact) mass is 489 g/mol. The second-order valence-corrected chi connectivity index (χ2v) is 10.9. The summed E-state index contributed by atoms with van der Waals surface area (Å²) in [6, 6.07) is 7.51. The zero-order valence-electron chi connectivity index (χ0n) is 19.2. The summed E-state index contributed by atoms with van der Waals surface area (Å²) in [5.41, 5.74) is 1.95. The highest BCUT2D eigenvalue weighted by molar-refractivity contribution is 7.90. The van der Waals surface area contributed by atoms with Crippen LogP contribution in [0.5, 0.6) is 11.5 Å². The number of carbonyl (C=O) groups is 3. The summed E-state index contributed by atoms with van der Waals surface area (Å²) in [5, 5.41) is 2.46. The van der Waals surface area contributed by atoms with E-state index in [0.717, 1.165) is 16.8 Å². The van der Waals surface area contributed by atoms with Crippen molar-refractivity contribution in [3.05, 3.63) is 47.3 Å². The molecule has 0 radical (unpaired) electrons. The van der Waals surface area contributed by atoms with Gasteiger partial charge in [0.25, 0.3) is 5.91 Å². The number of imide groups is 1. The first-order chi connectivity index (χ1) is 16.0. The standard InChI is InChI=1S/C23H27N3O7S/c1-14-10-17(15(2)25(14)11-16-13-32-20-6-4-5-7-21(20)33-16)19(27)12-26-22(28)18(24-23(26)29)8-9-34(3,30)31/h4-7,10,16,18H,8-9,11-13H2,1-3H3,(H,24,29)/t16-,18-/m0/s1. The molecule has 3 amide bonds. The average molecular weight is 490 g/mol. The maximum atomic E-state index is 13.0. The molecule has 182 valence electrons. The minimum atomic E-state index is -3.28. The van der Waals surface area contributed by atoms with Crippen LogP contribution in [-0.2, 0) is 21.2 Å². The van der Waals surface area contributed by atoms with Gasteiger partial charge >= 0.3 is 6.03 Å². The Morgan fingerprint density at radius 2 is 1.88 bits per heavy atom. The fraction of sp³-hybridized carbons (Fsp3) is 0.435. The molecule has 2 atom stereocenters. The largest absolute Gasteiger partial charge is 0.486 e. The van der Waals surface area contributed by atoms with E-state index in [9.17, 15) is 22.8 Å². The van der Waals surface area contributed by atoms with Gasteiger partial charge in [-0.1, -0.05) is 12.1 Å². The number of benzene rings is 1. The van der Waals surface area contributed by atoms with Crippen molar-refractivity contribution in [1.82, 2.24) is 14.8 Å². The predicted molar refractivity (Wildman–Crippen MR) is 123 cm³/mol. The summed E-state index contributed by atoms with van der Waals surface area (Å²) in [5.74, 6) is 0.157. The highest BCUT2D eigenvalue weighted by atomic mass is 32.2. The highest BCUT2D eigenvalue weighted by Crippen LogP contribution is 2.31. The van der Waals surface area contributed by atoms with Gasteiger partial charge in [-0.25, -0.2) is 13.2 Å². The fourth-order valence-corrected chi connectivity index (χ4v) is 4.87. The lowest BCUT2D eigenvalue weighted by Gasteiger charge is -2.27. The van der Waals surface area contributed by atoms with Gasteiger partial charge in [-0.3, -0.25) is 14.5 Å². The summed E-state index contributed by atoms with van der Waals surface area (Å²) in [6.45, 7) is 4.10. The molecule has 11 heteroatoms. The van der Waals surface area contributed by atoms with E-state index in [4.69, 9.17) is 9.47 Å². The number of urea groups is 1. The van der Waals surface area contributed by atoms with Crippen molar-refractivity contribution in [3.8, 4) is 11.5 Å². The van der Waals surface area contributed by atoms with Crippen LogP contribution in [0.25, 0.3) is 0 Å². The zero-order valence-corrected chi connectivity index (χ0v) is 20.1. The van der Waals surface area contributed by atoms with Crippen LogP contribution in [0.3, 0.4) is 0 Å². The first-order valence-corrected chi connectivity index (χ1v) is 13.0. The second kappa shape index (κ2) is 9.13. The number of aromatic nitrogens is 1. The molecule has 10 nitrogen and oxygen atoms in total. The van der Waals surface area contributed by atoms with Gasteiger partial charge in [0.2, 0.25) is 0 Å². The molecule has 1 aromatic carbocycles. The van der Waals surface area contributed by atoms with Gasteiger partial charge in [-0.05, 0) is 38.5 Å². The van der Waals surface area contributed by atoms with Crippen LogP contribution < -0.4 is 14.8 Å². The Morgan fingerprint density at radius 1 is 1.18 bits per heavy atom. The van der Waals surface area contributed by atoms with Crippen molar-refractivity contribution in [2.75, 3.05) is 25.2 Å². The lowest BCUT2D eigenvalue weighted by molar-refractivity contribution is -0.127. The van der Waals surface area contributed by atoms with Gasteiger partial charge in [0, 0.05) is 23.2 Å². The van der Waals surface area contributed by atoms with Crippen molar-refractivity contribution in [2.24, 2.45) is 0 Å². The molecule has 0 spiro atoms. The second-order valence-electron chi connectivity index (χ2n) is 8.66. The summed E-state index contributed by atoms with van der Waals surface area (Å²) in [7, 11) is -3.28. The van der Waals surface area contributed by atoms with Crippen molar-refractivity contribution < 1.29 is 32.3 Å². The van der Waals surface area contributed by atoms with Crippen LogP contribution in [0.2, 0.25) is 0 Å². The molecule has 1 N–H and O–H groups in total. The number of nitrogens with zero attached hydrogens (tertiary/aromatic N) is 2.